The molecule has 0 aliphatic carbocycles. The summed E-state index contributed by atoms with van der Waals surface area (Å²) in [7, 11) is 1.92. The van der Waals surface area contributed by atoms with Crippen molar-refractivity contribution in [3.63, 3.8) is 0 Å². The Bertz CT molecular complexity index is 628. The lowest BCUT2D eigenvalue weighted by molar-refractivity contribution is 1.11. The van der Waals surface area contributed by atoms with Gasteiger partial charge in [0.1, 0.15) is 11.7 Å². The zero-order valence-corrected chi connectivity index (χ0v) is 13.4. The Kier molecular flexibility index (Phi) is 4.21. The Morgan fingerprint density at radius 2 is 2.05 bits per heavy atom. The Labute approximate surface area is 128 Å². The lowest BCUT2D eigenvalue weighted by Gasteiger charge is -2.20. The van der Waals surface area contributed by atoms with Crippen LogP contribution in [0.25, 0.3) is 0 Å². The van der Waals surface area contributed by atoms with Crippen LogP contribution in [-0.4, -0.2) is 17.9 Å². The number of nitrogen functional groups attached to an aromatic ring is 1. The predicted octanol–water partition coefficient (Wildman–Crippen LogP) is 3.66. The van der Waals surface area contributed by atoms with E-state index in [0.29, 0.717) is 5.56 Å². The zero-order valence-electron chi connectivity index (χ0n) is 10.2. The van der Waals surface area contributed by atoms with E-state index >= 15 is 0 Å². The first-order valence-corrected chi connectivity index (χ1v) is 7.07. The molecule has 0 aliphatic rings. The minimum atomic E-state index is 0.0538. The van der Waals surface area contributed by atoms with E-state index in [1.807, 2.05) is 42.3 Å². The number of hydrogen-bond donors (Lipinski definition) is 2. The largest absolute Gasteiger partial charge is 0.384 e. The first kappa shape index (κ1) is 14.0. The number of amidine groups is 1. The summed E-state index contributed by atoms with van der Waals surface area (Å²) in [6.45, 7) is 0. The van der Waals surface area contributed by atoms with Gasteiger partial charge in [0.25, 0.3) is 0 Å². The normalized spacial score (nSPS) is 10.3. The average Bonchev–Trinajstić information content (AvgIpc) is 2.38. The molecule has 0 fully saturated rings. The number of aromatic nitrogens is 1. The van der Waals surface area contributed by atoms with Crippen LogP contribution in [0.3, 0.4) is 0 Å². The monoisotopic (exact) mass is 382 g/mol. The van der Waals surface area contributed by atoms with Gasteiger partial charge >= 0.3 is 0 Å². The van der Waals surface area contributed by atoms with Crippen LogP contribution in [0.15, 0.2) is 45.5 Å². The van der Waals surface area contributed by atoms with Gasteiger partial charge in [-0.3, -0.25) is 5.41 Å². The molecule has 0 unspecified atom stereocenters. The molecule has 4 nitrogen and oxygen atoms in total. The Hall–Kier alpha value is -1.40. The molecule has 1 heterocycles. The number of hydrogen-bond acceptors (Lipinski definition) is 3. The molecule has 0 atom stereocenters. The fourth-order valence-corrected chi connectivity index (χ4v) is 2.91. The van der Waals surface area contributed by atoms with Gasteiger partial charge in [0.15, 0.2) is 0 Å². The maximum atomic E-state index is 7.48. The van der Waals surface area contributed by atoms with E-state index < -0.39 is 0 Å². The van der Waals surface area contributed by atoms with E-state index in [9.17, 15) is 0 Å². The van der Waals surface area contributed by atoms with Crippen molar-refractivity contribution in [2.45, 2.75) is 0 Å². The molecule has 19 heavy (non-hydrogen) atoms. The highest BCUT2D eigenvalue weighted by molar-refractivity contribution is 9.11. The number of nitrogens with two attached hydrogens (primary N) is 1. The second kappa shape index (κ2) is 5.71. The SMILES string of the molecule is CN(c1cccc(C(=N)N)c1)c1ncc(Br)cc1Br. The summed E-state index contributed by atoms with van der Waals surface area (Å²) < 4.78 is 1.80. The molecule has 0 saturated carbocycles. The summed E-state index contributed by atoms with van der Waals surface area (Å²) in [4.78, 5) is 6.31. The molecular weight excluding hydrogens is 372 g/mol. The molecule has 0 amide bonds. The molecule has 0 saturated heterocycles. The second-order valence-electron chi connectivity index (χ2n) is 3.98. The Balaban J connectivity index is 2.41. The number of halogens is 2. The van der Waals surface area contributed by atoms with Crippen molar-refractivity contribution in [1.29, 1.82) is 5.41 Å². The molecule has 2 rings (SSSR count). The van der Waals surface area contributed by atoms with Crippen molar-refractivity contribution in [2.75, 3.05) is 11.9 Å². The average molecular weight is 384 g/mol. The number of nitrogens with one attached hydrogen (secondary N) is 1. The van der Waals surface area contributed by atoms with Gasteiger partial charge in [0, 0.05) is 29.0 Å². The molecule has 1 aromatic heterocycles. The van der Waals surface area contributed by atoms with Gasteiger partial charge in [-0.2, -0.15) is 0 Å². The van der Waals surface area contributed by atoms with E-state index in [1.165, 1.54) is 0 Å². The van der Waals surface area contributed by atoms with Crippen LogP contribution < -0.4 is 10.6 Å². The van der Waals surface area contributed by atoms with Crippen molar-refractivity contribution in [3.05, 3.63) is 51.0 Å². The van der Waals surface area contributed by atoms with Crippen molar-refractivity contribution in [3.8, 4) is 0 Å². The van der Waals surface area contributed by atoms with Gasteiger partial charge in [0.05, 0.1) is 4.47 Å². The fraction of sp³-hybridized carbons (Fsp3) is 0.0769. The number of benzene rings is 1. The number of anilines is 2. The van der Waals surface area contributed by atoms with Gasteiger partial charge in [-0.25, -0.2) is 4.98 Å². The summed E-state index contributed by atoms with van der Waals surface area (Å²) in [5.41, 5.74) is 7.12. The minimum absolute atomic E-state index is 0.0538. The summed E-state index contributed by atoms with van der Waals surface area (Å²) in [6.07, 6.45) is 1.74. The van der Waals surface area contributed by atoms with E-state index in [0.717, 1.165) is 20.5 Å². The van der Waals surface area contributed by atoms with Crippen LogP contribution in [0.2, 0.25) is 0 Å². The van der Waals surface area contributed by atoms with Gasteiger partial charge < -0.3 is 10.6 Å². The standard InChI is InChI=1S/C13H12Br2N4/c1-19(13-11(15)6-9(14)7-18-13)10-4-2-3-8(5-10)12(16)17/h2-7H,1H3,(H3,16,17). The van der Waals surface area contributed by atoms with Crippen molar-refractivity contribution in [1.82, 2.24) is 4.98 Å². The molecule has 98 valence electrons. The van der Waals surface area contributed by atoms with E-state index in [-0.39, 0.29) is 5.84 Å². The number of pyridine rings is 1. The van der Waals surface area contributed by atoms with Crippen LogP contribution in [0, 0.1) is 5.41 Å². The highest BCUT2D eigenvalue weighted by Crippen LogP contribution is 2.30. The van der Waals surface area contributed by atoms with Crippen LogP contribution >= 0.6 is 31.9 Å². The highest BCUT2D eigenvalue weighted by atomic mass is 79.9. The number of nitrogens with zero attached hydrogens (tertiary/aromatic N) is 2. The lowest BCUT2D eigenvalue weighted by atomic mass is 10.2. The van der Waals surface area contributed by atoms with Gasteiger partial charge in [-0.15, -0.1) is 0 Å². The van der Waals surface area contributed by atoms with Gasteiger partial charge in [-0.05, 0) is 50.1 Å². The molecule has 3 N–H and O–H groups in total. The van der Waals surface area contributed by atoms with Crippen molar-refractivity contribution in [2.24, 2.45) is 5.73 Å². The summed E-state index contributed by atoms with van der Waals surface area (Å²) in [5, 5.41) is 7.48. The molecule has 1 aromatic carbocycles. The van der Waals surface area contributed by atoms with Crippen LogP contribution in [-0.2, 0) is 0 Å². The van der Waals surface area contributed by atoms with Crippen LogP contribution in [0.4, 0.5) is 11.5 Å². The third-order valence-corrected chi connectivity index (χ3v) is 3.67. The van der Waals surface area contributed by atoms with E-state index in [1.54, 1.807) is 6.20 Å². The smallest absolute Gasteiger partial charge is 0.147 e. The quantitative estimate of drug-likeness (QED) is 0.627. The molecule has 0 aliphatic heterocycles. The highest BCUT2D eigenvalue weighted by Gasteiger charge is 2.10. The molecule has 0 spiro atoms. The summed E-state index contributed by atoms with van der Waals surface area (Å²) in [5.74, 6) is 0.849. The lowest BCUT2D eigenvalue weighted by Crippen LogP contribution is -2.15. The first-order chi connectivity index (χ1) is 8.99. The first-order valence-electron chi connectivity index (χ1n) is 5.48. The Morgan fingerprint density at radius 1 is 1.32 bits per heavy atom. The maximum Gasteiger partial charge on any atom is 0.147 e. The van der Waals surface area contributed by atoms with Gasteiger partial charge in [0.2, 0.25) is 0 Å². The van der Waals surface area contributed by atoms with E-state index in [4.69, 9.17) is 11.1 Å². The van der Waals surface area contributed by atoms with E-state index in [2.05, 4.69) is 36.8 Å². The maximum absolute atomic E-state index is 7.48. The topological polar surface area (TPSA) is 66.0 Å². The minimum Gasteiger partial charge on any atom is -0.384 e. The molecule has 6 heteroatoms. The molecule has 0 radical (unpaired) electrons. The number of rotatable bonds is 3. The molecule has 2 aromatic rings. The van der Waals surface area contributed by atoms with Gasteiger partial charge in [-0.1, -0.05) is 12.1 Å². The van der Waals surface area contributed by atoms with Crippen molar-refractivity contribution >= 4 is 49.2 Å². The fourth-order valence-electron chi connectivity index (χ4n) is 1.66. The molecular formula is C13H12Br2N4. The third kappa shape index (κ3) is 3.13. The van der Waals surface area contributed by atoms with Crippen molar-refractivity contribution < 1.29 is 0 Å². The summed E-state index contributed by atoms with van der Waals surface area (Å²) >= 11 is 6.87. The molecule has 0 bridgehead atoms. The second-order valence-corrected chi connectivity index (χ2v) is 5.75. The van der Waals surface area contributed by atoms with Crippen LogP contribution in [0.1, 0.15) is 5.56 Å². The predicted molar refractivity (Wildman–Crippen MR) is 85.2 cm³/mol. The zero-order chi connectivity index (χ0) is 14.0. The summed E-state index contributed by atoms with van der Waals surface area (Å²) in [6, 6.07) is 9.42. The Morgan fingerprint density at radius 3 is 2.68 bits per heavy atom. The third-order valence-electron chi connectivity index (χ3n) is 2.65. The van der Waals surface area contributed by atoms with Crippen LogP contribution in [0.5, 0.6) is 0 Å².